The van der Waals surface area contributed by atoms with Crippen molar-refractivity contribution >= 4 is 17.9 Å². The molecule has 0 aromatic heterocycles. The zero-order chi connectivity index (χ0) is 15.1. The third-order valence-corrected chi connectivity index (χ3v) is 3.64. The number of carboxylic acids is 1. The lowest BCUT2D eigenvalue weighted by molar-refractivity contribution is -0.142. The smallest absolute Gasteiger partial charge is 0.315 e. The highest BCUT2D eigenvalue weighted by Gasteiger charge is 2.31. The number of hydrogen-bond donors (Lipinski definition) is 4. The second-order valence-corrected chi connectivity index (χ2v) is 5.14. The second kappa shape index (κ2) is 7.72. The molecule has 20 heavy (non-hydrogen) atoms. The highest BCUT2D eigenvalue weighted by molar-refractivity contribution is 5.86. The zero-order valence-electron chi connectivity index (χ0n) is 11.9. The second-order valence-electron chi connectivity index (χ2n) is 5.14. The average molecular weight is 285 g/mol. The quantitative estimate of drug-likeness (QED) is 0.563. The summed E-state index contributed by atoms with van der Waals surface area (Å²) in [6.45, 7) is 1.57. The molecule has 3 amide bonds. The number of rotatable bonds is 4. The number of likely N-dealkylation sites (N-methyl/N-ethyl adjacent to an activating group) is 1. The van der Waals surface area contributed by atoms with Crippen LogP contribution in [0.1, 0.15) is 39.0 Å². The first-order chi connectivity index (χ1) is 9.45. The van der Waals surface area contributed by atoms with Crippen LogP contribution in [-0.4, -0.2) is 42.1 Å². The van der Waals surface area contributed by atoms with Crippen LogP contribution in [0.3, 0.4) is 0 Å². The summed E-state index contributed by atoms with van der Waals surface area (Å²) < 4.78 is 0. The Bertz CT molecular complexity index is 373. The van der Waals surface area contributed by atoms with Gasteiger partial charge < -0.3 is 21.1 Å². The maximum absolute atomic E-state index is 11.8. The minimum atomic E-state index is -0.878. The van der Waals surface area contributed by atoms with E-state index in [4.69, 9.17) is 0 Å². The normalized spacial score (nSPS) is 24.1. The molecule has 0 aromatic carbocycles. The van der Waals surface area contributed by atoms with E-state index in [9.17, 15) is 19.5 Å². The molecule has 4 N–H and O–H groups in total. The van der Waals surface area contributed by atoms with E-state index in [1.54, 1.807) is 6.92 Å². The zero-order valence-corrected chi connectivity index (χ0v) is 11.9. The molecular formula is C13H23N3O4. The average Bonchev–Trinajstić information content (AvgIpc) is 2.62. The molecule has 1 aliphatic rings. The molecule has 1 aliphatic carbocycles. The summed E-state index contributed by atoms with van der Waals surface area (Å²) in [5, 5.41) is 16.8. The van der Waals surface area contributed by atoms with E-state index in [0.29, 0.717) is 12.8 Å². The van der Waals surface area contributed by atoms with Crippen LogP contribution in [-0.2, 0) is 9.59 Å². The maximum Gasteiger partial charge on any atom is 0.315 e. The highest BCUT2D eigenvalue weighted by Crippen LogP contribution is 2.23. The third kappa shape index (κ3) is 4.71. The van der Waals surface area contributed by atoms with E-state index >= 15 is 0 Å². The molecule has 3 unspecified atom stereocenters. The van der Waals surface area contributed by atoms with E-state index in [2.05, 4.69) is 16.0 Å². The minimum Gasteiger partial charge on any atom is -0.481 e. The monoisotopic (exact) mass is 285 g/mol. The lowest BCUT2D eigenvalue weighted by Gasteiger charge is -2.24. The number of nitrogens with one attached hydrogen (secondary N) is 3. The molecule has 0 heterocycles. The van der Waals surface area contributed by atoms with Crippen molar-refractivity contribution in [3.8, 4) is 0 Å². The van der Waals surface area contributed by atoms with Crippen molar-refractivity contribution in [2.45, 2.75) is 51.1 Å². The number of carbonyl (C=O) groups is 3. The van der Waals surface area contributed by atoms with Crippen LogP contribution in [0.5, 0.6) is 0 Å². The van der Waals surface area contributed by atoms with Crippen LogP contribution < -0.4 is 16.0 Å². The van der Waals surface area contributed by atoms with Crippen LogP contribution in [0, 0.1) is 5.92 Å². The van der Waals surface area contributed by atoms with Crippen LogP contribution in [0.15, 0.2) is 0 Å². The van der Waals surface area contributed by atoms with Crippen LogP contribution in [0.4, 0.5) is 4.79 Å². The fourth-order valence-electron chi connectivity index (χ4n) is 2.46. The van der Waals surface area contributed by atoms with Crippen molar-refractivity contribution in [2.75, 3.05) is 7.05 Å². The number of urea groups is 1. The summed E-state index contributed by atoms with van der Waals surface area (Å²) in [5.74, 6) is -1.73. The van der Waals surface area contributed by atoms with Gasteiger partial charge in [0.1, 0.15) is 6.04 Å². The Labute approximate surface area is 118 Å². The third-order valence-electron chi connectivity index (χ3n) is 3.64. The van der Waals surface area contributed by atoms with Gasteiger partial charge in [0.05, 0.1) is 5.92 Å². The van der Waals surface area contributed by atoms with Gasteiger partial charge in [-0.25, -0.2) is 4.79 Å². The fraction of sp³-hybridized carbons (Fsp3) is 0.769. The molecule has 0 spiro atoms. The highest BCUT2D eigenvalue weighted by atomic mass is 16.4. The van der Waals surface area contributed by atoms with Crippen molar-refractivity contribution in [1.82, 2.24) is 16.0 Å². The van der Waals surface area contributed by atoms with Gasteiger partial charge >= 0.3 is 12.0 Å². The Morgan fingerprint density at radius 2 is 1.80 bits per heavy atom. The molecule has 3 atom stereocenters. The topological polar surface area (TPSA) is 108 Å². The number of hydrogen-bond acceptors (Lipinski definition) is 3. The predicted molar refractivity (Wildman–Crippen MR) is 73.2 cm³/mol. The predicted octanol–water partition coefficient (Wildman–Crippen LogP) is 0.454. The molecule has 0 bridgehead atoms. The molecule has 0 aliphatic heterocycles. The van der Waals surface area contributed by atoms with Gasteiger partial charge in [-0.3, -0.25) is 9.59 Å². The summed E-state index contributed by atoms with van der Waals surface area (Å²) in [6, 6.07) is -1.54. The molecule has 1 rings (SSSR count). The molecule has 114 valence electrons. The lowest BCUT2D eigenvalue weighted by Crippen LogP contribution is -2.52. The number of carboxylic acid groups (broad SMARTS) is 1. The first-order valence-electron chi connectivity index (χ1n) is 6.97. The van der Waals surface area contributed by atoms with Gasteiger partial charge in [-0.2, -0.15) is 0 Å². The largest absolute Gasteiger partial charge is 0.481 e. The summed E-state index contributed by atoms with van der Waals surface area (Å²) in [6.07, 6.45) is 3.98. The SMILES string of the molecule is CNC(=O)C(C)NC(=O)NC1CCCCCC1C(=O)O. The summed E-state index contributed by atoms with van der Waals surface area (Å²) in [4.78, 5) is 34.4. The Balaban J connectivity index is 2.57. The van der Waals surface area contributed by atoms with Crippen molar-refractivity contribution in [2.24, 2.45) is 5.92 Å². The standard InChI is InChI=1S/C13H23N3O4/c1-8(11(17)14-2)15-13(20)16-10-7-5-3-4-6-9(10)12(18)19/h8-10H,3-7H2,1-2H3,(H,14,17)(H,18,19)(H2,15,16,20). The van der Waals surface area contributed by atoms with E-state index in [1.807, 2.05) is 0 Å². The van der Waals surface area contributed by atoms with Crippen molar-refractivity contribution in [3.63, 3.8) is 0 Å². The summed E-state index contributed by atoms with van der Waals surface area (Å²) >= 11 is 0. The molecule has 0 saturated heterocycles. The van der Waals surface area contributed by atoms with Crippen LogP contribution in [0.2, 0.25) is 0 Å². The molecule has 7 nitrogen and oxygen atoms in total. The molecule has 0 radical (unpaired) electrons. The minimum absolute atomic E-state index is 0.296. The summed E-state index contributed by atoms with van der Waals surface area (Å²) in [5.41, 5.74) is 0. The Kier molecular flexibility index (Phi) is 6.27. The Morgan fingerprint density at radius 3 is 2.40 bits per heavy atom. The Hall–Kier alpha value is -1.79. The Morgan fingerprint density at radius 1 is 1.15 bits per heavy atom. The lowest BCUT2D eigenvalue weighted by atomic mass is 9.95. The van der Waals surface area contributed by atoms with E-state index in [0.717, 1.165) is 19.3 Å². The van der Waals surface area contributed by atoms with E-state index < -0.39 is 24.0 Å². The molecule has 1 fully saturated rings. The van der Waals surface area contributed by atoms with Gasteiger partial charge in [-0.15, -0.1) is 0 Å². The van der Waals surface area contributed by atoms with Gasteiger partial charge in [-0.1, -0.05) is 19.3 Å². The van der Waals surface area contributed by atoms with Gasteiger partial charge in [0.25, 0.3) is 0 Å². The number of amides is 3. The van der Waals surface area contributed by atoms with E-state index in [1.165, 1.54) is 7.05 Å². The molecule has 1 saturated carbocycles. The van der Waals surface area contributed by atoms with E-state index in [-0.39, 0.29) is 11.9 Å². The van der Waals surface area contributed by atoms with Gasteiger partial charge in [-0.05, 0) is 19.8 Å². The molecule has 7 heteroatoms. The first kappa shape index (κ1) is 16.3. The van der Waals surface area contributed by atoms with Crippen molar-refractivity contribution < 1.29 is 19.5 Å². The fourth-order valence-corrected chi connectivity index (χ4v) is 2.46. The van der Waals surface area contributed by atoms with Gasteiger partial charge in [0, 0.05) is 13.1 Å². The molecule has 0 aromatic rings. The molecular weight excluding hydrogens is 262 g/mol. The van der Waals surface area contributed by atoms with Crippen LogP contribution in [0.25, 0.3) is 0 Å². The number of carbonyl (C=O) groups excluding carboxylic acids is 2. The first-order valence-corrected chi connectivity index (χ1v) is 6.97. The maximum atomic E-state index is 11.8. The number of aliphatic carboxylic acids is 1. The van der Waals surface area contributed by atoms with Gasteiger partial charge in [0.15, 0.2) is 0 Å². The van der Waals surface area contributed by atoms with Crippen molar-refractivity contribution in [1.29, 1.82) is 0 Å². The van der Waals surface area contributed by atoms with Crippen molar-refractivity contribution in [3.05, 3.63) is 0 Å². The van der Waals surface area contributed by atoms with Crippen LogP contribution >= 0.6 is 0 Å². The van der Waals surface area contributed by atoms with Gasteiger partial charge in [0.2, 0.25) is 5.91 Å². The summed E-state index contributed by atoms with van der Waals surface area (Å²) in [7, 11) is 1.49.